The van der Waals surface area contributed by atoms with Gasteiger partial charge in [-0.25, -0.2) is 0 Å². The van der Waals surface area contributed by atoms with Crippen LogP contribution in [0.5, 0.6) is 0 Å². The average molecular weight is 184 g/mol. The van der Waals surface area contributed by atoms with E-state index >= 15 is 0 Å². The van der Waals surface area contributed by atoms with E-state index in [1.807, 2.05) is 0 Å². The van der Waals surface area contributed by atoms with Crippen molar-refractivity contribution in [1.82, 2.24) is 5.32 Å². The van der Waals surface area contributed by atoms with Crippen LogP contribution in [-0.2, 0) is 4.74 Å². The Morgan fingerprint density at radius 1 is 1.38 bits per heavy atom. The van der Waals surface area contributed by atoms with Crippen molar-refractivity contribution >= 4 is 0 Å². The molecule has 13 heavy (non-hydrogen) atoms. The van der Waals surface area contributed by atoms with E-state index in [2.05, 4.69) is 12.2 Å². The second-order valence-corrected chi connectivity index (χ2v) is 4.92. The van der Waals surface area contributed by atoms with E-state index < -0.39 is 0 Å². The molecule has 1 atom stereocenters. The highest BCUT2D eigenvalue weighted by molar-refractivity contribution is 4.98. The number of nitrogens with two attached hydrogens (primary N) is 1. The molecule has 0 amide bonds. The van der Waals surface area contributed by atoms with E-state index in [1.165, 1.54) is 12.8 Å². The Balaban J connectivity index is 1.78. The van der Waals surface area contributed by atoms with Crippen LogP contribution in [0.4, 0.5) is 0 Å². The molecule has 0 aromatic carbocycles. The highest BCUT2D eigenvalue weighted by Gasteiger charge is 2.42. The second kappa shape index (κ2) is 3.23. The Bertz CT molecular complexity index is 183. The first-order chi connectivity index (χ1) is 6.18. The molecular formula is C10H20N2O. The molecule has 1 heterocycles. The predicted octanol–water partition coefficient (Wildman–Crippen LogP) is 0.494. The third-order valence-corrected chi connectivity index (χ3v) is 3.50. The lowest BCUT2D eigenvalue weighted by molar-refractivity contribution is 0.169. The third kappa shape index (κ3) is 2.03. The van der Waals surface area contributed by atoms with Crippen molar-refractivity contribution < 1.29 is 4.74 Å². The van der Waals surface area contributed by atoms with Crippen LogP contribution in [0.3, 0.4) is 0 Å². The van der Waals surface area contributed by atoms with Gasteiger partial charge in [0, 0.05) is 18.7 Å². The van der Waals surface area contributed by atoms with Gasteiger partial charge in [-0.2, -0.15) is 0 Å². The SMILES string of the molecule is CC1(NCC2(CN)CC2)CCOC1. The van der Waals surface area contributed by atoms with Crippen molar-refractivity contribution in [3.05, 3.63) is 0 Å². The molecule has 76 valence electrons. The lowest BCUT2D eigenvalue weighted by Crippen LogP contribution is -2.46. The summed E-state index contributed by atoms with van der Waals surface area (Å²) >= 11 is 0. The van der Waals surface area contributed by atoms with Gasteiger partial charge in [0.25, 0.3) is 0 Å². The molecule has 0 aromatic heterocycles. The molecule has 1 aliphatic heterocycles. The molecule has 0 aromatic rings. The van der Waals surface area contributed by atoms with Gasteiger partial charge in [0.1, 0.15) is 0 Å². The van der Waals surface area contributed by atoms with E-state index in [4.69, 9.17) is 10.5 Å². The Kier molecular flexibility index (Phi) is 2.34. The summed E-state index contributed by atoms with van der Waals surface area (Å²) in [6.07, 6.45) is 3.73. The quantitative estimate of drug-likeness (QED) is 0.668. The second-order valence-electron chi connectivity index (χ2n) is 4.92. The van der Waals surface area contributed by atoms with E-state index in [-0.39, 0.29) is 5.54 Å². The van der Waals surface area contributed by atoms with Crippen LogP contribution >= 0.6 is 0 Å². The highest BCUT2D eigenvalue weighted by atomic mass is 16.5. The van der Waals surface area contributed by atoms with Gasteiger partial charge < -0.3 is 15.8 Å². The van der Waals surface area contributed by atoms with Gasteiger partial charge >= 0.3 is 0 Å². The van der Waals surface area contributed by atoms with Gasteiger partial charge in [-0.15, -0.1) is 0 Å². The molecule has 0 radical (unpaired) electrons. The molecule has 1 saturated heterocycles. The van der Waals surface area contributed by atoms with Crippen LogP contribution < -0.4 is 11.1 Å². The first-order valence-corrected chi connectivity index (χ1v) is 5.21. The molecule has 0 bridgehead atoms. The summed E-state index contributed by atoms with van der Waals surface area (Å²) < 4.78 is 5.39. The molecule has 3 nitrogen and oxygen atoms in total. The Morgan fingerprint density at radius 2 is 2.15 bits per heavy atom. The van der Waals surface area contributed by atoms with Gasteiger partial charge in [-0.3, -0.25) is 0 Å². The predicted molar refractivity (Wildman–Crippen MR) is 52.6 cm³/mol. The minimum Gasteiger partial charge on any atom is -0.379 e. The molecule has 1 saturated carbocycles. The van der Waals surface area contributed by atoms with Gasteiger partial charge in [0.15, 0.2) is 0 Å². The maximum absolute atomic E-state index is 5.73. The number of nitrogens with one attached hydrogen (secondary N) is 1. The van der Waals surface area contributed by atoms with E-state index in [1.54, 1.807) is 0 Å². The largest absolute Gasteiger partial charge is 0.379 e. The van der Waals surface area contributed by atoms with Crippen molar-refractivity contribution in [1.29, 1.82) is 0 Å². The smallest absolute Gasteiger partial charge is 0.0646 e. The molecule has 1 unspecified atom stereocenters. The number of rotatable bonds is 4. The minimum absolute atomic E-state index is 0.213. The summed E-state index contributed by atoms with van der Waals surface area (Å²) in [6, 6.07) is 0. The zero-order valence-corrected chi connectivity index (χ0v) is 8.44. The van der Waals surface area contributed by atoms with Crippen LogP contribution in [0.1, 0.15) is 26.2 Å². The normalized spacial score (nSPS) is 36.5. The first-order valence-electron chi connectivity index (χ1n) is 5.21. The van der Waals surface area contributed by atoms with Crippen LogP contribution in [0.15, 0.2) is 0 Å². The summed E-state index contributed by atoms with van der Waals surface area (Å²) in [5.74, 6) is 0. The molecule has 1 aliphatic carbocycles. The summed E-state index contributed by atoms with van der Waals surface area (Å²) in [6.45, 7) is 5.90. The fourth-order valence-electron chi connectivity index (χ4n) is 1.84. The number of hydrogen-bond acceptors (Lipinski definition) is 3. The van der Waals surface area contributed by atoms with Crippen LogP contribution in [0.2, 0.25) is 0 Å². The van der Waals surface area contributed by atoms with Gasteiger partial charge in [0.2, 0.25) is 0 Å². The fraction of sp³-hybridized carbons (Fsp3) is 1.00. The minimum atomic E-state index is 0.213. The molecule has 0 spiro atoms. The molecule has 3 N–H and O–H groups in total. The number of hydrogen-bond donors (Lipinski definition) is 2. The first kappa shape index (κ1) is 9.44. The van der Waals surface area contributed by atoms with Crippen molar-refractivity contribution in [2.24, 2.45) is 11.1 Å². The van der Waals surface area contributed by atoms with Crippen LogP contribution in [0.25, 0.3) is 0 Å². The lowest BCUT2D eigenvalue weighted by Gasteiger charge is -2.26. The van der Waals surface area contributed by atoms with Crippen molar-refractivity contribution in [3.8, 4) is 0 Å². The van der Waals surface area contributed by atoms with Gasteiger partial charge in [-0.1, -0.05) is 0 Å². The Labute approximate surface area is 80.0 Å². The molecule has 3 heteroatoms. The highest BCUT2D eigenvalue weighted by Crippen LogP contribution is 2.44. The van der Waals surface area contributed by atoms with Crippen molar-refractivity contribution in [2.45, 2.75) is 31.7 Å². The van der Waals surface area contributed by atoms with Gasteiger partial charge in [-0.05, 0) is 38.1 Å². The molecular weight excluding hydrogens is 164 g/mol. The van der Waals surface area contributed by atoms with Gasteiger partial charge in [0.05, 0.1) is 6.61 Å². The Morgan fingerprint density at radius 3 is 2.62 bits per heavy atom. The van der Waals surface area contributed by atoms with Crippen LogP contribution in [0, 0.1) is 5.41 Å². The van der Waals surface area contributed by atoms with E-state index in [0.717, 1.165) is 32.7 Å². The summed E-state index contributed by atoms with van der Waals surface area (Å²) in [4.78, 5) is 0. The third-order valence-electron chi connectivity index (χ3n) is 3.50. The maximum atomic E-state index is 5.73. The topological polar surface area (TPSA) is 47.3 Å². The molecule has 2 fully saturated rings. The molecule has 2 aliphatic rings. The monoisotopic (exact) mass is 184 g/mol. The standard InChI is InChI=1S/C10H20N2O/c1-9(4-5-13-8-9)12-7-10(6-11)2-3-10/h12H,2-8,11H2,1H3. The Hall–Kier alpha value is -0.120. The van der Waals surface area contributed by atoms with E-state index in [9.17, 15) is 0 Å². The summed E-state index contributed by atoms with van der Waals surface area (Å²) in [5, 5.41) is 3.61. The summed E-state index contributed by atoms with van der Waals surface area (Å²) in [5.41, 5.74) is 6.37. The zero-order valence-electron chi connectivity index (χ0n) is 8.44. The zero-order chi connectivity index (χ0) is 9.36. The number of ether oxygens (including phenoxy) is 1. The maximum Gasteiger partial charge on any atom is 0.0646 e. The average Bonchev–Trinajstić information content (AvgIpc) is 2.81. The molecule has 2 rings (SSSR count). The van der Waals surface area contributed by atoms with Crippen molar-refractivity contribution in [3.63, 3.8) is 0 Å². The lowest BCUT2D eigenvalue weighted by atomic mass is 9.99. The van der Waals surface area contributed by atoms with E-state index in [0.29, 0.717) is 5.41 Å². The van der Waals surface area contributed by atoms with Crippen molar-refractivity contribution in [2.75, 3.05) is 26.3 Å². The van der Waals surface area contributed by atoms with Crippen LogP contribution in [-0.4, -0.2) is 31.8 Å². The summed E-state index contributed by atoms with van der Waals surface area (Å²) in [7, 11) is 0. The fourth-order valence-corrected chi connectivity index (χ4v) is 1.84.